The van der Waals surface area contributed by atoms with E-state index in [1.807, 2.05) is 30.3 Å². The van der Waals surface area contributed by atoms with Crippen molar-refractivity contribution in [2.75, 3.05) is 6.61 Å². The van der Waals surface area contributed by atoms with E-state index in [2.05, 4.69) is 4.98 Å². The molecule has 1 atom stereocenters. The van der Waals surface area contributed by atoms with Crippen molar-refractivity contribution in [3.63, 3.8) is 0 Å². The Kier molecular flexibility index (Phi) is 5.24. The smallest absolute Gasteiger partial charge is 0.262 e. The van der Waals surface area contributed by atoms with E-state index in [9.17, 15) is 4.79 Å². The molecule has 0 N–H and O–H groups in total. The van der Waals surface area contributed by atoms with Crippen LogP contribution in [-0.4, -0.2) is 27.2 Å². The van der Waals surface area contributed by atoms with E-state index in [0.29, 0.717) is 28.0 Å². The molecular weight excluding hydrogens is 370 g/mol. The van der Waals surface area contributed by atoms with Gasteiger partial charge in [0.1, 0.15) is 5.15 Å². The zero-order chi connectivity index (χ0) is 17.9. The Balaban J connectivity index is 1.68. The predicted octanol–water partition coefficient (Wildman–Crippen LogP) is 3.92. The fraction of sp³-hybridized carbons (Fsp3) is 0.316. The molecule has 0 amide bonds. The summed E-state index contributed by atoms with van der Waals surface area (Å²) in [6.07, 6.45) is 3.84. The molecule has 0 aliphatic carbocycles. The summed E-state index contributed by atoms with van der Waals surface area (Å²) in [5, 5.41) is 1.82. The molecule has 5 nitrogen and oxygen atoms in total. The van der Waals surface area contributed by atoms with Gasteiger partial charge < -0.3 is 4.74 Å². The average Bonchev–Trinajstić information content (AvgIpc) is 3.17. The van der Waals surface area contributed by atoms with Crippen LogP contribution in [0.2, 0.25) is 5.15 Å². The van der Waals surface area contributed by atoms with Crippen LogP contribution < -0.4 is 5.56 Å². The summed E-state index contributed by atoms with van der Waals surface area (Å²) < 4.78 is 7.49. The molecule has 134 valence electrons. The minimum atomic E-state index is -0.0113. The van der Waals surface area contributed by atoms with Gasteiger partial charge in [-0.15, -0.1) is 0 Å². The highest BCUT2D eigenvalue weighted by Gasteiger charge is 2.20. The lowest BCUT2D eigenvalue weighted by atomic mass is 10.2. The van der Waals surface area contributed by atoms with Gasteiger partial charge in [0.05, 0.1) is 23.6 Å². The molecule has 0 radical (unpaired) electrons. The molecule has 3 heterocycles. The van der Waals surface area contributed by atoms with Crippen molar-refractivity contribution in [2.24, 2.45) is 0 Å². The van der Waals surface area contributed by atoms with Crippen LogP contribution >= 0.6 is 23.4 Å². The maximum atomic E-state index is 13.0. The van der Waals surface area contributed by atoms with Gasteiger partial charge in [0, 0.05) is 18.6 Å². The second-order valence-corrected chi connectivity index (χ2v) is 7.57. The number of pyridine rings is 1. The Bertz CT molecular complexity index is 969. The summed E-state index contributed by atoms with van der Waals surface area (Å²) >= 11 is 7.38. The van der Waals surface area contributed by atoms with Crippen molar-refractivity contribution in [3.05, 3.63) is 63.7 Å². The lowest BCUT2D eigenvalue weighted by molar-refractivity contribution is 0.0937. The van der Waals surface area contributed by atoms with Gasteiger partial charge in [-0.2, -0.15) is 0 Å². The van der Waals surface area contributed by atoms with Gasteiger partial charge in [0.25, 0.3) is 5.56 Å². The predicted molar refractivity (Wildman–Crippen MR) is 104 cm³/mol. The number of rotatable bonds is 5. The Morgan fingerprint density at radius 2 is 2.15 bits per heavy atom. The van der Waals surface area contributed by atoms with Crippen molar-refractivity contribution in [2.45, 2.75) is 36.4 Å². The highest BCUT2D eigenvalue weighted by molar-refractivity contribution is 7.98. The van der Waals surface area contributed by atoms with Crippen molar-refractivity contribution in [3.8, 4) is 0 Å². The van der Waals surface area contributed by atoms with Crippen molar-refractivity contribution >= 4 is 34.3 Å². The molecule has 26 heavy (non-hydrogen) atoms. The minimum absolute atomic E-state index is 0.0113. The molecule has 0 bridgehead atoms. The zero-order valence-electron chi connectivity index (χ0n) is 14.1. The zero-order valence-corrected chi connectivity index (χ0v) is 15.7. The third kappa shape index (κ3) is 3.77. The van der Waals surface area contributed by atoms with Crippen LogP contribution in [0, 0.1) is 0 Å². The summed E-state index contributed by atoms with van der Waals surface area (Å²) in [6, 6.07) is 11.2. The van der Waals surface area contributed by atoms with Crippen LogP contribution in [0.5, 0.6) is 0 Å². The monoisotopic (exact) mass is 387 g/mol. The molecule has 1 aliphatic rings. The Hall–Kier alpha value is -1.89. The lowest BCUT2D eigenvalue weighted by Crippen LogP contribution is -2.28. The van der Waals surface area contributed by atoms with Crippen LogP contribution in [0.25, 0.3) is 10.9 Å². The first-order chi connectivity index (χ1) is 12.7. The summed E-state index contributed by atoms with van der Waals surface area (Å²) in [5.74, 6) is 0.667. The number of aromatic nitrogens is 3. The molecule has 3 aromatic rings. The first-order valence-electron chi connectivity index (χ1n) is 8.55. The van der Waals surface area contributed by atoms with Crippen LogP contribution in [0.15, 0.2) is 52.5 Å². The Morgan fingerprint density at radius 1 is 1.27 bits per heavy atom. The van der Waals surface area contributed by atoms with Gasteiger partial charge in [-0.3, -0.25) is 9.36 Å². The second kappa shape index (κ2) is 7.78. The summed E-state index contributed by atoms with van der Waals surface area (Å²) in [5.41, 5.74) is 1.74. The molecule has 1 unspecified atom stereocenters. The minimum Gasteiger partial charge on any atom is -0.376 e. The van der Waals surface area contributed by atoms with E-state index >= 15 is 0 Å². The fourth-order valence-corrected chi connectivity index (χ4v) is 4.11. The fourth-order valence-electron chi connectivity index (χ4n) is 3.05. The van der Waals surface area contributed by atoms with Crippen molar-refractivity contribution in [1.82, 2.24) is 14.5 Å². The molecule has 2 aromatic heterocycles. The van der Waals surface area contributed by atoms with Gasteiger partial charge in [-0.05, 0) is 36.6 Å². The van der Waals surface area contributed by atoms with E-state index < -0.39 is 0 Å². The summed E-state index contributed by atoms with van der Waals surface area (Å²) in [4.78, 5) is 21.9. The van der Waals surface area contributed by atoms with E-state index in [4.69, 9.17) is 21.3 Å². The average molecular weight is 388 g/mol. The molecule has 1 aromatic carbocycles. The van der Waals surface area contributed by atoms with Crippen molar-refractivity contribution < 1.29 is 4.74 Å². The Labute approximate surface area is 160 Å². The van der Waals surface area contributed by atoms with Gasteiger partial charge in [0.15, 0.2) is 5.16 Å². The number of para-hydroxylation sites is 1. The van der Waals surface area contributed by atoms with E-state index in [-0.39, 0.29) is 11.7 Å². The highest BCUT2D eigenvalue weighted by atomic mass is 35.5. The van der Waals surface area contributed by atoms with Crippen LogP contribution in [0.3, 0.4) is 0 Å². The van der Waals surface area contributed by atoms with Gasteiger partial charge in [0.2, 0.25) is 0 Å². The maximum Gasteiger partial charge on any atom is 0.262 e. The number of thioether (sulfide) groups is 1. The first kappa shape index (κ1) is 17.5. The third-order valence-electron chi connectivity index (χ3n) is 4.39. The van der Waals surface area contributed by atoms with Crippen LogP contribution in [0.1, 0.15) is 18.4 Å². The second-order valence-electron chi connectivity index (χ2n) is 6.24. The molecule has 0 spiro atoms. The van der Waals surface area contributed by atoms with E-state index in [0.717, 1.165) is 30.5 Å². The molecule has 4 rings (SSSR count). The van der Waals surface area contributed by atoms with E-state index in [1.54, 1.807) is 16.8 Å². The highest BCUT2D eigenvalue weighted by Crippen LogP contribution is 2.24. The van der Waals surface area contributed by atoms with Gasteiger partial charge in [-0.1, -0.05) is 41.6 Å². The summed E-state index contributed by atoms with van der Waals surface area (Å²) in [6.45, 7) is 1.30. The molecule has 1 saturated heterocycles. The van der Waals surface area contributed by atoms with Crippen LogP contribution in [-0.2, 0) is 17.0 Å². The standard InChI is InChI=1S/C19H18ClN3O2S/c20-17-8-7-13(10-21-17)12-26-19-22-16-6-2-1-5-15(16)18(24)23(19)11-14-4-3-9-25-14/h1-2,5-8,10,14H,3-4,9,11-12H2. The van der Waals surface area contributed by atoms with Gasteiger partial charge in [-0.25, -0.2) is 9.97 Å². The SMILES string of the molecule is O=c1c2ccccc2nc(SCc2ccc(Cl)nc2)n1CC1CCCO1. The number of benzene rings is 1. The largest absolute Gasteiger partial charge is 0.376 e. The maximum absolute atomic E-state index is 13.0. The third-order valence-corrected chi connectivity index (χ3v) is 5.66. The first-order valence-corrected chi connectivity index (χ1v) is 9.91. The number of hydrogen-bond donors (Lipinski definition) is 0. The number of ether oxygens (including phenoxy) is 1. The Morgan fingerprint density at radius 3 is 2.92 bits per heavy atom. The normalized spacial score (nSPS) is 17.0. The summed E-state index contributed by atoms with van der Waals surface area (Å²) in [7, 11) is 0. The van der Waals surface area contributed by atoms with Crippen molar-refractivity contribution in [1.29, 1.82) is 0 Å². The van der Waals surface area contributed by atoms with E-state index in [1.165, 1.54) is 11.8 Å². The number of nitrogens with zero attached hydrogens (tertiary/aromatic N) is 3. The molecule has 7 heteroatoms. The topological polar surface area (TPSA) is 57.0 Å². The molecule has 0 saturated carbocycles. The van der Waals surface area contributed by atoms with Gasteiger partial charge >= 0.3 is 0 Å². The molecular formula is C19H18ClN3O2S. The molecule has 1 aliphatic heterocycles. The number of fused-ring (bicyclic) bond motifs is 1. The number of halogens is 1. The van der Waals surface area contributed by atoms with Crippen LogP contribution in [0.4, 0.5) is 0 Å². The lowest BCUT2D eigenvalue weighted by Gasteiger charge is -2.16. The number of hydrogen-bond acceptors (Lipinski definition) is 5. The quantitative estimate of drug-likeness (QED) is 0.377. The molecule has 1 fully saturated rings.